The topological polar surface area (TPSA) is 55.9 Å². The van der Waals surface area contributed by atoms with Gasteiger partial charge in [-0.1, -0.05) is 34.1 Å². The molecular formula is C20H31BrN4O2. The first kappa shape index (κ1) is 21.9. The minimum absolute atomic E-state index is 0.0375. The number of amides is 2. The zero-order valence-electron chi connectivity index (χ0n) is 16.8. The fourth-order valence-corrected chi connectivity index (χ4v) is 3.53. The summed E-state index contributed by atoms with van der Waals surface area (Å²) in [5.41, 5.74) is 0.954. The van der Waals surface area contributed by atoms with Crippen molar-refractivity contribution < 1.29 is 9.59 Å². The third-order valence-electron chi connectivity index (χ3n) is 4.41. The van der Waals surface area contributed by atoms with E-state index in [0.29, 0.717) is 26.2 Å². The van der Waals surface area contributed by atoms with Crippen LogP contribution in [0.25, 0.3) is 0 Å². The first-order chi connectivity index (χ1) is 12.6. The number of carbonyl (C=O) groups excluding carboxylic acids is 2. The third-order valence-corrected chi connectivity index (χ3v) is 5.18. The Morgan fingerprint density at radius 3 is 2.37 bits per heavy atom. The van der Waals surface area contributed by atoms with Crippen LogP contribution in [0.4, 0.5) is 0 Å². The summed E-state index contributed by atoms with van der Waals surface area (Å²) >= 11 is 3.55. The highest BCUT2D eigenvalue weighted by atomic mass is 79.9. The van der Waals surface area contributed by atoms with Crippen molar-refractivity contribution in [2.45, 2.75) is 32.9 Å². The highest BCUT2D eigenvalue weighted by molar-refractivity contribution is 9.10. The summed E-state index contributed by atoms with van der Waals surface area (Å²) in [6.07, 6.45) is 0. The molecule has 1 fully saturated rings. The van der Waals surface area contributed by atoms with E-state index in [1.807, 2.05) is 55.8 Å². The quantitative estimate of drug-likeness (QED) is 0.736. The second-order valence-electron chi connectivity index (χ2n) is 8.22. The maximum Gasteiger partial charge on any atom is 0.236 e. The first-order valence-electron chi connectivity index (χ1n) is 9.37. The molecule has 0 saturated carbocycles. The van der Waals surface area contributed by atoms with Crippen LogP contribution in [-0.4, -0.2) is 78.4 Å². The van der Waals surface area contributed by atoms with Crippen molar-refractivity contribution in [1.29, 1.82) is 0 Å². The number of halogens is 1. The molecule has 0 aromatic heterocycles. The summed E-state index contributed by atoms with van der Waals surface area (Å²) < 4.78 is 1.06. The number of benzene rings is 1. The van der Waals surface area contributed by atoms with E-state index in [9.17, 15) is 9.59 Å². The molecule has 1 aromatic rings. The van der Waals surface area contributed by atoms with Crippen LogP contribution < -0.4 is 5.32 Å². The highest BCUT2D eigenvalue weighted by Crippen LogP contribution is 2.17. The average molecular weight is 439 g/mol. The molecule has 0 radical (unpaired) electrons. The van der Waals surface area contributed by atoms with Crippen molar-refractivity contribution in [2.24, 2.45) is 0 Å². The number of nitrogens with zero attached hydrogens (tertiary/aromatic N) is 3. The predicted molar refractivity (Wildman–Crippen MR) is 111 cm³/mol. The molecule has 2 rings (SSSR count). The van der Waals surface area contributed by atoms with Gasteiger partial charge in [0.1, 0.15) is 0 Å². The molecule has 1 aromatic carbocycles. The molecule has 1 heterocycles. The van der Waals surface area contributed by atoms with E-state index in [-0.39, 0.29) is 17.4 Å². The standard InChI is InChI=1S/C20H31BrN4O2/c1-20(2,3)22-18(26)14-24-9-11-25(12-10-24)19(27)15-23(4)13-16-7-5-6-8-17(16)21/h5-8H,9-15H2,1-4H3,(H,22,26). The van der Waals surface area contributed by atoms with E-state index in [0.717, 1.165) is 24.1 Å². The van der Waals surface area contributed by atoms with Gasteiger partial charge in [0, 0.05) is 42.7 Å². The molecule has 1 aliphatic heterocycles. The lowest BCUT2D eigenvalue weighted by molar-refractivity contribution is -0.134. The van der Waals surface area contributed by atoms with Gasteiger partial charge < -0.3 is 10.2 Å². The SMILES string of the molecule is CN(CC(=O)N1CCN(CC(=O)NC(C)(C)C)CC1)Cc1ccccc1Br. The summed E-state index contributed by atoms with van der Waals surface area (Å²) in [5.74, 6) is 0.179. The maximum atomic E-state index is 12.6. The van der Waals surface area contributed by atoms with Crippen molar-refractivity contribution in [3.8, 4) is 0 Å². The summed E-state index contributed by atoms with van der Waals surface area (Å²) in [7, 11) is 1.96. The van der Waals surface area contributed by atoms with Gasteiger partial charge in [0.15, 0.2) is 0 Å². The lowest BCUT2D eigenvalue weighted by Gasteiger charge is -2.35. The van der Waals surface area contributed by atoms with E-state index in [1.54, 1.807) is 0 Å². The molecule has 0 atom stereocenters. The van der Waals surface area contributed by atoms with Crippen LogP contribution in [0, 0.1) is 0 Å². The number of carbonyl (C=O) groups is 2. The van der Waals surface area contributed by atoms with Crippen molar-refractivity contribution >= 4 is 27.7 Å². The molecular weight excluding hydrogens is 408 g/mol. The molecule has 0 bridgehead atoms. The summed E-state index contributed by atoms with van der Waals surface area (Å²) in [5, 5.41) is 2.98. The Hall–Kier alpha value is -1.44. The van der Waals surface area contributed by atoms with Gasteiger partial charge in [-0.3, -0.25) is 19.4 Å². The average Bonchev–Trinajstić information content (AvgIpc) is 2.55. The van der Waals surface area contributed by atoms with Crippen molar-refractivity contribution in [2.75, 3.05) is 46.3 Å². The number of nitrogens with one attached hydrogen (secondary N) is 1. The fourth-order valence-electron chi connectivity index (χ4n) is 3.12. The lowest BCUT2D eigenvalue weighted by Crippen LogP contribution is -2.54. The molecule has 1 aliphatic rings. The van der Waals surface area contributed by atoms with Crippen LogP contribution in [0.3, 0.4) is 0 Å². The zero-order chi connectivity index (χ0) is 20.0. The normalized spacial score (nSPS) is 15.9. The second kappa shape index (κ2) is 9.66. The fraction of sp³-hybridized carbons (Fsp3) is 0.600. The van der Waals surface area contributed by atoms with Crippen LogP contribution in [0.15, 0.2) is 28.7 Å². The minimum atomic E-state index is -0.215. The Balaban J connectivity index is 1.74. The summed E-state index contributed by atoms with van der Waals surface area (Å²) in [4.78, 5) is 30.7. The van der Waals surface area contributed by atoms with Gasteiger partial charge in [-0.2, -0.15) is 0 Å². The van der Waals surface area contributed by atoms with Crippen LogP contribution in [-0.2, 0) is 16.1 Å². The largest absolute Gasteiger partial charge is 0.350 e. The molecule has 150 valence electrons. The third kappa shape index (κ3) is 7.60. The molecule has 27 heavy (non-hydrogen) atoms. The van der Waals surface area contributed by atoms with E-state index < -0.39 is 0 Å². The Kier molecular flexibility index (Phi) is 7.82. The number of piperazine rings is 1. The number of hydrogen-bond donors (Lipinski definition) is 1. The Bertz CT molecular complexity index is 652. The summed E-state index contributed by atoms with van der Waals surface area (Å²) in [6, 6.07) is 8.07. The Labute approximate surface area is 171 Å². The molecule has 6 nitrogen and oxygen atoms in total. The number of likely N-dealkylation sites (N-methyl/N-ethyl adjacent to an activating group) is 1. The van der Waals surface area contributed by atoms with Crippen molar-refractivity contribution in [3.63, 3.8) is 0 Å². The predicted octanol–water partition coefficient (Wildman–Crippen LogP) is 1.94. The van der Waals surface area contributed by atoms with Crippen LogP contribution in [0.5, 0.6) is 0 Å². The summed E-state index contributed by atoms with van der Waals surface area (Å²) in [6.45, 7) is 10.3. The Morgan fingerprint density at radius 1 is 1.15 bits per heavy atom. The molecule has 1 saturated heterocycles. The van der Waals surface area contributed by atoms with Gasteiger partial charge in [0.25, 0.3) is 0 Å². The lowest BCUT2D eigenvalue weighted by atomic mass is 10.1. The zero-order valence-corrected chi connectivity index (χ0v) is 18.4. The van der Waals surface area contributed by atoms with Gasteiger partial charge in [-0.15, -0.1) is 0 Å². The molecule has 1 N–H and O–H groups in total. The van der Waals surface area contributed by atoms with Gasteiger partial charge in [0.05, 0.1) is 13.1 Å². The van der Waals surface area contributed by atoms with E-state index in [4.69, 9.17) is 0 Å². The molecule has 0 aliphatic carbocycles. The first-order valence-corrected chi connectivity index (χ1v) is 10.2. The Morgan fingerprint density at radius 2 is 1.78 bits per heavy atom. The number of hydrogen-bond acceptors (Lipinski definition) is 4. The van der Waals surface area contributed by atoms with E-state index in [2.05, 4.69) is 32.2 Å². The van der Waals surface area contributed by atoms with Crippen LogP contribution in [0.2, 0.25) is 0 Å². The second-order valence-corrected chi connectivity index (χ2v) is 9.07. The molecule has 2 amide bonds. The molecule has 7 heteroatoms. The van der Waals surface area contributed by atoms with Gasteiger partial charge in [-0.05, 0) is 39.4 Å². The van der Waals surface area contributed by atoms with Gasteiger partial charge in [-0.25, -0.2) is 0 Å². The number of rotatable bonds is 6. The van der Waals surface area contributed by atoms with Crippen molar-refractivity contribution in [3.05, 3.63) is 34.3 Å². The van der Waals surface area contributed by atoms with E-state index in [1.165, 1.54) is 5.56 Å². The molecule has 0 spiro atoms. The van der Waals surface area contributed by atoms with Gasteiger partial charge >= 0.3 is 0 Å². The van der Waals surface area contributed by atoms with Crippen LogP contribution in [0.1, 0.15) is 26.3 Å². The van der Waals surface area contributed by atoms with Gasteiger partial charge in [0.2, 0.25) is 11.8 Å². The van der Waals surface area contributed by atoms with E-state index >= 15 is 0 Å². The van der Waals surface area contributed by atoms with Crippen LogP contribution >= 0.6 is 15.9 Å². The van der Waals surface area contributed by atoms with Crippen molar-refractivity contribution in [1.82, 2.24) is 20.0 Å². The minimum Gasteiger partial charge on any atom is -0.350 e. The highest BCUT2D eigenvalue weighted by Gasteiger charge is 2.24. The molecule has 0 unspecified atom stereocenters. The maximum absolute atomic E-state index is 12.6. The smallest absolute Gasteiger partial charge is 0.236 e. The monoisotopic (exact) mass is 438 g/mol.